The highest BCUT2D eigenvalue weighted by Gasteiger charge is 2.03. The third kappa shape index (κ3) is 22.4. The molecule has 1 amide bonds. The maximum absolute atomic E-state index is 11.8. The summed E-state index contributed by atoms with van der Waals surface area (Å²) in [7, 11) is 5.89. The van der Waals surface area contributed by atoms with E-state index in [-0.39, 0.29) is 5.91 Å². The predicted molar refractivity (Wildman–Crippen MR) is 131 cm³/mol. The molecular formula is C23H48N2OS2. The number of carbonyl (C=O) groups excluding carboxylic acids is 1. The van der Waals surface area contributed by atoms with Gasteiger partial charge in [-0.3, -0.25) is 4.79 Å². The number of carbonyl (C=O) groups is 1. The average Bonchev–Trinajstić information content (AvgIpc) is 2.68. The summed E-state index contributed by atoms with van der Waals surface area (Å²) in [6, 6.07) is 0. The Hall–Kier alpha value is 0.130. The summed E-state index contributed by atoms with van der Waals surface area (Å²) in [5, 5.41) is 3.02. The van der Waals surface area contributed by atoms with Crippen molar-refractivity contribution in [3.63, 3.8) is 0 Å². The average molecular weight is 433 g/mol. The normalized spacial score (nSPS) is 11.3. The molecule has 168 valence electrons. The van der Waals surface area contributed by atoms with Crippen LogP contribution in [0.2, 0.25) is 0 Å². The Bertz CT molecular complexity index is 330. The van der Waals surface area contributed by atoms with E-state index < -0.39 is 0 Å². The Balaban J connectivity index is 3.26. The molecule has 0 aromatic heterocycles. The van der Waals surface area contributed by atoms with Crippen LogP contribution >= 0.6 is 21.6 Å². The van der Waals surface area contributed by atoms with E-state index in [1.807, 2.05) is 21.6 Å². The molecule has 0 radical (unpaired) electrons. The molecule has 0 fully saturated rings. The van der Waals surface area contributed by atoms with Crippen LogP contribution in [0.5, 0.6) is 0 Å². The van der Waals surface area contributed by atoms with Gasteiger partial charge in [0.15, 0.2) is 0 Å². The summed E-state index contributed by atoms with van der Waals surface area (Å²) in [6.45, 7) is 7.44. The molecule has 0 aliphatic carbocycles. The van der Waals surface area contributed by atoms with Gasteiger partial charge in [0.2, 0.25) is 5.91 Å². The molecule has 0 aliphatic heterocycles. The highest BCUT2D eigenvalue weighted by Crippen LogP contribution is 2.18. The molecule has 0 aromatic rings. The van der Waals surface area contributed by atoms with Gasteiger partial charge in [0.05, 0.1) is 0 Å². The quantitative estimate of drug-likeness (QED) is 0.149. The highest BCUT2D eigenvalue weighted by molar-refractivity contribution is 8.76. The van der Waals surface area contributed by atoms with Crippen LogP contribution < -0.4 is 5.32 Å². The van der Waals surface area contributed by atoms with E-state index in [4.69, 9.17) is 0 Å². The number of nitrogens with one attached hydrogen (secondary N) is 1. The minimum Gasteiger partial charge on any atom is -0.355 e. The zero-order chi connectivity index (χ0) is 20.7. The monoisotopic (exact) mass is 432 g/mol. The lowest BCUT2D eigenvalue weighted by Crippen LogP contribution is -2.27. The highest BCUT2D eigenvalue weighted by atomic mass is 33.1. The molecule has 3 nitrogen and oxygen atoms in total. The number of amides is 1. The van der Waals surface area contributed by atoms with E-state index in [1.54, 1.807) is 0 Å². The standard InChI is InChI=1S/C23H48N2OS2/c1-4-6-7-8-9-10-11-12-13-14-15-16-20-25(3)21-17-18-23(26)24-19-22-28-27-5-2/h4-22H2,1-3H3,(H,24,26). The Kier molecular flexibility index (Phi) is 23.5. The van der Waals surface area contributed by atoms with Crippen molar-refractivity contribution in [1.29, 1.82) is 0 Å². The number of unbranched alkanes of at least 4 members (excludes halogenated alkanes) is 11. The molecule has 0 spiro atoms. The van der Waals surface area contributed by atoms with Gasteiger partial charge in [-0.1, -0.05) is 106 Å². The fraction of sp³-hybridized carbons (Fsp3) is 0.957. The van der Waals surface area contributed by atoms with Crippen molar-refractivity contribution in [2.75, 3.05) is 38.2 Å². The van der Waals surface area contributed by atoms with Crippen molar-refractivity contribution in [1.82, 2.24) is 10.2 Å². The molecule has 0 heterocycles. The predicted octanol–water partition coefficient (Wildman–Crippen LogP) is 6.92. The first-order valence-electron chi connectivity index (χ1n) is 11.9. The Morgan fingerprint density at radius 3 is 1.86 bits per heavy atom. The molecule has 0 aliphatic rings. The molecule has 0 saturated heterocycles. The lowest BCUT2D eigenvalue weighted by Gasteiger charge is -2.16. The van der Waals surface area contributed by atoms with Crippen LogP contribution in [0.1, 0.15) is 104 Å². The van der Waals surface area contributed by atoms with Crippen LogP contribution in [-0.2, 0) is 4.79 Å². The summed E-state index contributed by atoms with van der Waals surface area (Å²) in [5.41, 5.74) is 0. The fourth-order valence-electron chi connectivity index (χ4n) is 3.31. The van der Waals surface area contributed by atoms with Crippen LogP contribution in [0.4, 0.5) is 0 Å². The number of hydrogen-bond donors (Lipinski definition) is 1. The molecule has 5 heteroatoms. The van der Waals surface area contributed by atoms with Gasteiger partial charge in [0.25, 0.3) is 0 Å². The second-order valence-corrected chi connectivity index (χ2v) is 10.7. The van der Waals surface area contributed by atoms with Gasteiger partial charge in [0, 0.05) is 24.5 Å². The minimum atomic E-state index is 0.209. The molecule has 0 bridgehead atoms. The van der Waals surface area contributed by atoms with Gasteiger partial charge < -0.3 is 10.2 Å². The van der Waals surface area contributed by atoms with Gasteiger partial charge in [-0.25, -0.2) is 0 Å². The molecule has 0 aromatic carbocycles. The summed E-state index contributed by atoms with van der Waals surface area (Å²) in [5.74, 6) is 2.34. The van der Waals surface area contributed by atoms with Crippen LogP contribution in [0.15, 0.2) is 0 Å². The van der Waals surface area contributed by atoms with Crippen molar-refractivity contribution in [2.45, 2.75) is 104 Å². The van der Waals surface area contributed by atoms with E-state index >= 15 is 0 Å². The maximum atomic E-state index is 11.8. The second kappa shape index (κ2) is 23.4. The fourth-order valence-corrected chi connectivity index (χ4v) is 4.88. The first kappa shape index (κ1) is 28.1. The van der Waals surface area contributed by atoms with Crippen molar-refractivity contribution in [2.24, 2.45) is 0 Å². The summed E-state index contributed by atoms with van der Waals surface area (Å²) < 4.78 is 0. The molecule has 0 rings (SSSR count). The Labute approximate surface area is 184 Å². The van der Waals surface area contributed by atoms with Crippen LogP contribution in [0.25, 0.3) is 0 Å². The Morgan fingerprint density at radius 1 is 0.750 bits per heavy atom. The van der Waals surface area contributed by atoms with Gasteiger partial charge >= 0.3 is 0 Å². The first-order valence-corrected chi connectivity index (χ1v) is 14.4. The SMILES string of the molecule is CCCCCCCCCCCCCCN(C)CCCC(=O)NCCSSCC. The van der Waals surface area contributed by atoms with E-state index in [0.717, 1.165) is 31.0 Å². The summed E-state index contributed by atoms with van der Waals surface area (Å²) >= 11 is 0. The van der Waals surface area contributed by atoms with Crippen LogP contribution in [0.3, 0.4) is 0 Å². The molecular weight excluding hydrogens is 384 g/mol. The van der Waals surface area contributed by atoms with Crippen LogP contribution in [0, 0.1) is 0 Å². The number of rotatable bonds is 22. The van der Waals surface area contributed by atoms with E-state index in [0.29, 0.717) is 6.42 Å². The number of hydrogen-bond acceptors (Lipinski definition) is 4. The van der Waals surface area contributed by atoms with Crippen molar-refractivity contribution in [3.05, 3.63) is 0 Å². The summed E-state index contributed by atoms with van der Waals surface area (Å²) in [4.78, 5) is 14.2. The minimum absolute atomic E-state index is 0.209. The van der Waals surface area contributed by atoms with Gasteiger partial charge in [-0.15, -0.1) is 0 Å². The largest absolute Gasteiger partial charge is 0.355 e. The molecule has 28 heavy (non-hydrogen) atoms. The van der Waals surface area contributed by atoms with E-state index in [9.17, 15) is 4.79 Å². The molecule has 0 saturated carbocycles. The number of nitrogens with zero attached hydrogens (tertiary/aromatic N) is 1. The van der Waals surface area contributed by atoms with Gasteiger partial charge in [-0.2, -0.15) is 0 Å². The second-order valence-electron chi connectivity index (χ2n) is 7.87. The smallest absolute Gasteiger partial charge is 0.220 e. The zero-order valence-electron chi connectivity index (χ0n) is 19.1. The van der Waals surface area contributed by atoms with Crippen molar-refractivity contribution < 1.29 is 4.79 Å². The first-order chi connectivity index (χ1) is 13.7. The lowest BCUT2D eigenvalue weighted by molar-refractivity contribution is -0.121. The van der Waals surface area contributed by atoms with Gasteiger partial charge in [-0.05, 0) is 33.0 Å². The zero-order valence-corrected chi connectivity index (χ0v) is 20.7. The van der Waals surface area contributed by atoms with Crippen molar-refractivity contribution in [3.8, 4) is 0 Å². The Morgan fingerprint density at radius 2 is 1.29 bits per heavy atom. The van der Waals surface area contributed by atoms with E-state index in [1.165, 1.54) is 83.6 Å². The van der Waals surface area contributed by atoms with Crippen LogP contribution in [-0.4, -0.2) is 49.0 Å². The third-order valence-electron chi connectivity index (χ3n) is 5.05. The van der Waals surface area contributed by atoms with Crippen molar-refractivity contribution >= 4 is 27.5 Å². The lowest BCUT2D eigenvalue weighted by atomic mass is 10.1. The summed E-state index contributed by atoms with van der Waals surface area (Å²) in [6.07, 6.45) is 18.5. The van der Waals surface area contributed by atoms with Gasteiger partial charge in [0.1, 0.15) is 0 Å². The molecule has 1 N–H and O–H groups in total. The topological polar surface area (TPSA) is 32.3 Å². The molecule has 0 atom stereocenters. The maximum Gasteiger partial charge on any atom is 0.220 e. The van der Waals surface area contributed by atoms with E-state index in [2.05, 4.69) is 31.1 Å². The third-order valence-corrected chi connectivity index (χ3v) is 7.53. The molecule has 0 unspecified atom stereocenters.